The Morgan fingerprint density at radius 3 is 2.55 bits per heavy atom. The maximum atomic E-state index is 14.9. The Labute approximate surface area is 277 Å². The fourth-order valence-corrected chi connectivity index (χ4v) is 6.60. The third kappa shape index (κ3) is 7.99. The van der Waals surface area contributed by atoms with Crippen molar-refractivity contribution in [1.82, 2.24) is 4.98 Å². The van der Waals surface area contributed by atoms with Gasteiger partial charge in [-0.3, -0.25) is 9.78 Å². The number of hydrogen-bond donors (Lipinski definition) is 0. The van der Waals surface area contributed by atoms with Crippen LogP contribution < -0.4 is 0 Å². The zero-order chi connectivity index (χ0) is 34.1. The minimum absolute atomic E-state index is 0.0432. The van der Waals surface area contributed by atoms with Crippen molar-refractivity contribution in [1.29, 1.82) is 0 Å². The summed E-state index contributed by atoms with van der Waals surface area (Å²) in [6, 6.07) is 13.0. The van der Waals surface area contributed by atoms with Crippen molar-refractivity contribution < 1.29 is 32.9 Å². The first-order chi connectivity index (χ1) is 22.2. The molecule has 8 heteroatoms. The van der Waals surface area contributed by atoms with E-state index in [4.69, 9.17) is 23.9 Å². The fourth-order valence-electron chi connectivity index (χ4n) is 6.60. The van der Waals surface area contributed by atoms with Crippen molar-refractivity contribution in [3.05, 3.63) is 82.3 Å². The van der Waals surface area contributed by atoms with E-state index in [2.05, 4.69) is 32.0 Å². The highest BCUT2D eigenvalue weighted by atomic mass is 19.1. The first-order valence-electron chi connectivity index (χ1n) is 16.4. The third-order valence-corrected chi connectivity index (χ3v) is 8.39. The average Bonchev–Trinajstić information content (AvgIpc) is 3.16. The van der Waals surface area contributed by atoms with Gasteiger partial charge in [0.2, 0.25) is 0 Å². The highest BCUT2D eigenvalue weighted by Gasteiger charge is 2.36. The number of aryl methyl sites for hydroxylation is 1. The second-order valence-electron chi connectivity index (χ2n) is 14.1. The first kappa shape index (κ1) is 34.5. The molecule has 0 unspecified atom stereocenters. The van der Waals surface area contributed by atoms with Gasteiger partial charge in [0.1, 0.15) is 11.4 Å². The quantitative estimate of drug-likeness (QED) is 0.238. The minimum Gasteiger partial charge on any atom is -0.465 e. The number of pyridine rings is 1. The van der Waals surface area contributed by atoms with Crippen molar-refractivity contribution in [3.8, 4) is 22.4 Å². The van der Waals surface area contributed by atoms with Crippen LogP contribution in [0.25, 0.3) is 28.5 Å². The molecule has 0 saturated carbocycles. The summed E-state index contributed by atoms with van der Waals surface area (Å²) in [5, 5.41) is 0. The number of carbonyl (C=O) groups is 2. The Bertz CT molecular complexity index is 1690. The standard InChI is InChI=1S/C39H46FNO6/c1-23(2)35-30(18-17-26-21-27(46-39(6,7)45-26)22-33(42)47-38(3,4)5)34(25-16-19-32(40)31(20-25)37(43)44-8)29-15-11-13-24-12-9-10-14-28(24)36(29)41-35/h9-10,12,14,16-20,23,26-27H,11,13,15,21-22H2,1-8H3/t26-,27-/m1/s1. The van der Waals surface area contributed by atoms with Gasteiger partial charge < -0.3 is 18.9 Å². The van der Waals surface area contributed by atoms with Crippen LogP contribution in [0.15, 0.2) is 48.5 Å². The van der Waals surface area contributed by atoms with Gasteiger partial charge in [-0.1, -0.05) is 56.3 Å². The second-order valence-corrected chi connectivity index (χ2v) is 14.1. The molecule has 1 aliphatic heterocycles. The summed E-state index contributed by atoms with van der Waals surface area (Å²) >= 11 is 0. The first-order valence-corrected chi connectivity index (χ1v) is 16.4. The van der Waals surface area contributed by atoms with Gasteiger partial charge in [-0.05, 0) is 94.2 Å². The summed E-state index contributed by atoms with van der Waals surface area (Å²) in [5.41, 5.74) is 6.98. The number of benzene rings is 2. The maximum absolute atomic E-state index is 14.9. The van der Waals surface area contributed by atoms with E-state index in [1.54, 1.807) is 12.1 Å². The SMILES string of the molecule is COC(=O)c1cc(-c2c(C=C[C@@H]3C[C@H](CC(=O)OC(C)(C)C)OC(C)(C)O3)c(C(C)C)nc3c2CCCc2ccccc2-3)ccc1F. The molecular weight excluding hydrogens is 597 g/mol. The number of fused-ring (bicyclic) bond motifs is 3. The van der Waals surface area contributed by atoms with Crippen LogP contribution in [-0.4, -0.2) is 47.6 Å². The summed E-state index contributed by atoms with van der Waals surface area (Å²) < 4.78 is 37.9. The third-order valence-electron chi connectivity index (χ3n) is 8.39. The fraction of sp³-hybridized carbons (Fsp3) is 0.462. The van der Waals surface area contributed by atoms with E-state index in [9.17, 15) is 14.0 Å². The summed E-state index contributed by atoms with van der Waals surface area (Å²) in [5.74, 6) is -2.57. The van der Waals surface area contributed by atoms with E-state index in [0.717, 1.165) is 52.9 Å². The highest BCUT2D eigenvalue weighted by molar-refractivity contribution is 5.93. The second kappa shape index (κ2) is 13.7. The number of hydrogen-bond acceptors (Lipinski definition) is 7. The highest BCUT2D eigenvalue weighted by Crippen LogP contribution is 2.42. The monoisotopic (exact) mass is 643 g/mol. The van der Waals surface area contributed by atoms with Crippen LogP contribution in [0.4, 0.5) is 4.39 Å². The molecule has 2 aliphatic rings. The van der Waals surface area contributed by atoms with Gasteiger partial charge in [0.25, 0.3) is 0 Å². The van der Waals surface area contributed by atoms with Crippen molar-refractivity contribution in [3.63, 3.8) is 0 Å². The number of halogens is 1. The normalized spacial score (nSPS) is 19.2. The van der Waals surface area contributed by atoms with Gasteiger partial charge >= 0.3 is 11.9 Å². The molecule has 1 aromatic heterocycles. The van der Waals surface area contributed by atoms with Crippen LogP contribution in [0.5, 0.6) is 0 Å². The van der Waals surface area contributed by atoms with Gasteiger partial charge in [-0.15, -0.1) is 0 Å². The summed E-state index contributed by atoms with van der Waals surface area (Å²) in [4.78, 5) is 30.6. The number of carbonyl (C=O) groups excluding carboxylic acids is 2. The largest absolute Gasteiger partial charge is 0.465 e. The van der Waals surface area contributed by atoms with Crippen LogP contribution in [0.2, 0.25) is 0 Å². The number of aromatic nitrogens is 1. The van der Waals surface area contributed by atoms with E-state index < -0.39 is 29.3 Å². The molecule has 0 spiro atoms. The maximum Gasteiger partial charge on any atom is 0.340 e. The van der Waals surface area contributed by atoms with Crippen molar-refractivity contribution in [2.24, 2.45) is 0 Å². The molecule has 5 rings (SSSR count). The lowest BCUT2D eigenvalue weighted by atomic mass is 9.86. The zero-order valence-corrected chi connectivity index (χ0v) is 28.7. The number of ether oxygens (including phenoxy) is 4. The van der Waals surface area contributed by atoms with E-state index in [1.165, 1.54) is 18.7 Å². The van der Waals surface area contributed by atoms with Gasteiger partial charge in [0.15, 0.2) is 5.79 Å². The van der Waals surface area contributed by atoms with Gasteiger partial charge in [0.05, 0.1) is 42.7 Å². The average molecular weight is 644 g/mol. The molecule has 2 heterocycles. The van der Waals surface area contributed by atoms with Crippen LogP contribution in [0, 0.1) is 5.82 Å². The summed E-state index contributed by atoms with van der Waals surface area (Å²) in [7, 11) is 1.25. The lowest BCUT2D eigenvalue weighted by Crippen LogP contribution is -2.45. The molecule has 7 nitrogen and oxygen atoms in total. The van der Waals surface area contributed by atoms with Gasteiger partial charge in [-0.25, -0.2) is 9.18 Å². The Balaban J connectivity index is 1.65. The Hall–Kier alpha value is -3.88. The predicted molar refractivity (Wildman–Crippen MR) is 180 cm³/mol. The minimum atomic E-state index is -0.925. The van der Waals surface area contributed by atoms with E-state index in [-0.39, 0.29) is 30.0 Å². The molecule has 0 N–H and O–H groups in total. The zero-order valence-electron chi connectivity index (χ0n) is 28.7. The smallest absolute Gasteiger partial charge is 0.340 e. The van der Waals surface area contributed by atoms with Crippen molar-refractivity contribution in [2.75, 3.05) is 7.11 Å². The number of nitrogens with zero attached hydrogens (tertiary/aromatic N) is 1. The van der Waals surface area contributed by atoms with Crippen molar-refractivity contribution >= 4 is 18.0 Å². The molecule has 2 atom stereocenters. The Morgan fingerprint density at radius 2 is 1.85 bits per heavy atom. The summed E-state index contributed by atoms with van der Waals surface area (Å²) in [6.07, 6.45) is 6.43. The Kier molecular flexibility index (Phi) is 10.0. The molecule has 250 valence electrons. The van der Waals surface area contributed by atoms with Crippen LogP contribution in [0.3, 0.4) is 0 Å². The molecule has 0 amide bonds. The molecule has 0 radical (unpaired) electrons. The molecule has 1 aliphatic carbocycles. The van der Waals surface area contributed by atoms with Gasteiger partial charge in [0, 0.05) is 17.5 Å². The number of methoxy groups -OCH3 is 1. The predicted octanol–water partition coefficient (Wildman–Crippen LogP) is 8.61. The molecule has 0 bridgehead atoms. The van der Waals surface area contributed by atoms with Gasteiger partial charge in [-0.2, -0.15) is 0 Å². The van der Waals surface area contributed by atoms with E-state index in [1.807, 2.05) is 52.8 Å². The van der Waals surface area contributed by atoms with E-state index in [0.29, 0.717) is 12.0 Å². The van der Waals surface area contributed by atoms with Crippen LogP contribution in [-0.2, 0) is 36.6 Å². The molecule has 1 saturated heterocycles. The van der Waals surface area contributed by atoms with Crippen molar-refractivity contribution in [2.45, 2.75) is 110 Å². The molecular formula is C39H46FNO6. The topological polar surface area (TPSA) is 84.0 Å². The number of esters is 2. The summed E-state index contributed by atoms with van der Waals surface area (Å²) in [6.45, 7) is 13.4. The molecule has 1 fully saturated rings. The van der Waals surface area contributed by atoms with Crippen LogP contribution in [0.1, 0.15) is 106 Å². The molecule has 47 heavy (non-hydrogen) atoms. The van der Waals surface area contributed by atoms with E-state index >= 15 is 0 Å². The molecule has 3 aromatic rings. The Morgan fingerprint density at radius 1 is 1.11 bits per heavy atom. The molecule has 2 aromatic carbocycles. The van der Waals surface area contributed by atoms with Crippen LogP contribution >= 0.6 is 0 Å². The lowest BCUT2D eigenvalue weighted by molar-refractivity contribution is -0.290. The number of rotatable bonds is 7. The lowest BCUT2D eigenvalue weighted by Gasteiger charge is -2.40.